The largest absolute Gasteiger partial charge is 0.465 e. The van der Waals surface area contributed by atoms with Crippen LogP contribution >= 0.6 is 7.26 Å². The monoisotopic (exact) mass is 554 g/mol. The minimum Gasteiger partial charge on any atom is -0.465 e. The van der Waals surface area contributed by atoms with E-state index in [4.69, 9.17) is 4.55 Å². The van der Waals surface area contributed by atoms with Crippen molar-refractivity contribution in [3.63, 3.8) is 0 Å². The summed E-state index contributed by atoms with van der Waals surface area (Å²) in [5.74, 6) is -1.68. The molecule has 0 bridgehead atoms. The van der Waals surface area contributed by atoms with E-state index >= 15 is 0 Å². The van der Waals surface area contributed by atoms with Crippen LogP contribution in [0.25, 0.3) is 0 Å². The second-order valence-corrected chi connectivity index (χ2v) is 15.2. The maximum absolute atomic E-state index is 11.3. The summed E-state index contributed by atoms with van der Waals surface area (Å²) in [5.41, 5.74) is -0.374. The minimum atomic E-state index is -4.55. The van der Waals surface area contributed by atoms with Crippen LogP contribution in [0.5, 0.6) is 0 Å². The fourth-order valence-corrected chi connectivity index (χ4v) is 10.5. The van der Waals surface area contributed by atoms with E-state index in [9.17, 15) is 18.0 Å². The van der Waals surface area contributed by atoms with E-state index < -0.39 is 34.2 Å². The molecule has 0 fully saturated rings. The average Bonchev–Trinajstić information content (AvgIpc) is 2.92. The van der Waals surface area contributed by atoms with Gasteiger partial charge in [-0.15, -0.1) is 0 Å². The van der Waals surface area contributed by atoms with Gasteiger partial charge in [-0.1, -0.05) is 0 Å². The van der Waals surface area contributed by atoms with Crippen molar-refractivity contribution in [2.24, 2.45) is 0 Å². The van der Waals surface area contributed by atoms with Crippen molar-refractivity contribution in [2.75, 3.05) is 32.7 Å². The molecule has 37 heavy (non-hydrogen) atoms. The van der Waals surface area contributed by atoms with Crippen LogP contribution in [0.3, 0.4) is 0 Å². The zero-order valence-electron chi connectivity index (χ0n) is 22.8. The van der Waals surface area contributed by atoms with Gasteiger partial charge in [0.1, 0.15) is 0 Å². The van der Waals surface area contributed by atoms with Gasteiger partial charge in [-0.2, -0.15) is 8.42 Å². The molecule has 0 unspecified atom stereocenters. The van der Waals surface area contributed by atoms with Crippen LogP contribution in [0.4, 0.5) is 0 Å². The van der Waals surface area contributed by atoms with Gasteiger partial charge < -0.3 is 9.47 Å². The Bertz CT molecular complexity index is 1030. The van der Waals surface area contributed by atoms with Gasteiger partial charge in [-0.05, 0) is 18.2 Å². The quantitative estimate of drug-likeness (QED) is 0.185. The topological polar surface area (TPSA) is 107 Å². The third-order valence-corrected chi connectivity index (χ3v) is 12.8. The smallest absolute Gasteiger partial charge is 0.337 e. The Labute approximate surface area is 223 Å². The number of hydrogen-bond donors (Lipinski definition) is 1. The first kappa shape index (κ1) is 32.7. The molecule has 2 aromatic carbocycles. The van der Waals surface area contributed by atoms with Crippen molar-refractivity contribution in [3.8, 4) is 0 Å². The van der Waals surface area contributed by atoms with Crippen LogP contribution in [-0.2, 0) is 19.6 Å². The number of methoxy groups -OCH3 is 2. The third-order valence-electron chi connectivity index (χ3n) is 6.46. The molecule has 0 aliphatic carbocycles. The number of carbonyl (C=O) groups is 2. The van der Waals surface area contributed by atoms with Gasteiger partial charge in [-0.25, -0.2) is 9.59 Å². The van der Waals surface area contributed by atoms with E-state index in [1.165, 1.54) is 57.0 Å². The standard InChI is InChI=1S/C18H33P.C10H10O7S/c1-4-7-15-19(16-8-5-2,17-9-6-3)18-13-11-10-12-14-18;1-16-9(11)6-3-7(10(12)17-2)5-8(4-6)18(13,14)15/h10-14,19H,4-9,15-17H2,1-3H3;3-5H,1-2H3,(H,13,14,15). The summed E-state index contributed by atoms with van der Waals surface area (Å²) in [6, 6.07) is 14.4. The second-order valence-electron chi connectivity index (χ2n) is 9.16. The maximum atomic E-state index is 11.3. The minimum absolute atomic E-state index is 0.187. The Morgan fingerprint density at radius 1 is 0.757 bits per heavy atom. The molecule has 0 radical (unpaired) electrons. The van der Waals surface area contributed by atoms with Crippen molar-refractivity contribution in [1.29, 1.82) is 0 Å². The average molecular weight is 555 g/mol. The summed E-state index contributed by atoms with van der Waals surface area (Å²) in [5, 5.41) is 1.73. The van der Waals surface area contributed by atoms with Crippen LogP contribution in [0, 0.1) is 0 Å². The van der Waals surface area contributed by atoms with Crippen LogP contribution in [-0.4, -0.2) is 57.6 Å². The molecule has 0 aliphatic heterocycles. The molecule has 0 atom stereocenters. The Kier molecular flexibility index (Phi) is 14.6. The molecule has 2 aromatic rings. The van der Waals surface area contributed by atoms with Gasteiger partial charge in [-0.3, -0.25) is 4.55 Å². The van der Waals surface area contributed by atoms with Gasteiger partial charge in [0.25, 0.3) is 10.1 Å². The molecule has 2 rings (SSSR count). The molecule has 1 N–H and O–H groups in total. The molecule has 208 valence electrons. The molecule has 9 heteroatoms. The van der Waals surface area contributed by atoms with Gasteiger partial charge in [0.2, 0.25) is 0 Å². The summed E-state index contributed by atoms with van der Waals surface area (Å²) in [7, 11) is -3.59. The number of carbonyl (C=O) groups excluding carboxylic acids is 2. The van der Waals surface area contributed by atoms with Crippen molar-refractivity contribution in [2.45, 2.75) is 64.2 Å². The summed E-state index contributed by atoms with van der Waals surface area (Å²) in [6.07, 6.45) is 12.8. The number of unbranched alkanes of at least 4 members (excludes halogenated alkanes) is 3. The first-order valence-corrected chi connectivity index (χ1v) is 17.0. The van der Waals surface area contributed by atoms with Crippen LogP contribution in [0.15, 0.2) is 53.4 Å². The fourth-order valence-electron chi connectivity index (χ4n) is 4.36. The normalized spacial score (nSPS) is 11.7. The summed E-state index contributed by atoms with van der Waals surface area (Å²) in [4.78, 5) is 22.0. The van der Waals surface area contributed by atoms with Crippen molar-refractivity contribution in [1.82, 2.24) is 0 Å². The number of benzene rings is 2. The molecular weight excluding hydrogens is 511 g/mol. The molecule has 0 saturated heterocycles. The van der Waals surface area contributed by atoms with E-state index in [0.717, 1.165) is 32.4 Å². The molecule has 0 amide bonds. The molecule has 0 aliphatic rings. The molecule has 0 heterocycles. The summed E-state index contributed by atoms with van der Waals surface area (Å²) < 4.78 is 39.7. The molecule has 7 nitrogen and oxygen atoms in total. The van der Waals surface area contributed by atoms with Crippen LogP contribution < -0.4 is 5.30 Å². The van der Waals surface area contributed by atoms with Crippen molar-refractivity contribution < 1.29 is 32.0 Å². The summed E-state index contributed by atoms with van der Waals surface area (Å²) in [6.45, 7) is 7.01. The van der Waals surface area contributed by atoms with E-state index in [0.29, 0.717) is 0 Å². The predicted octanol–water partition coefficient (Wildman–Crippen LogP) is 5.97. The number of ether oxygens (including phenoxy) is 2. The second kappa shape index (κ2) is 16.5. The van der Waals surface area contributed by atoms with E-state index in [1.807, 2.05) is 0 Å². The number of esters is 2. The molecular formula is C28H43O7PS. The van der Waals surface area contributed by atoms with Crippen molar-refractivity contribution >= 4 is 34.6 Å². The van der Waals surface area contributed by atoms with Gasteiger partial charge in [0, 0.05) is 0 Å². The Hall–Kier alpha value is -2.28. The number of hydrogen-bond acceptors (Lipinski definition) is 6. The van der Waals surface area contributed by atoms with Gasteiger partial charge in [0.05, 0.1) is 30.2 Å². The first-order valence-electron chi connectivity index (χ1n) is 12.9. The maximum Gasteiger partial charge on any atom is 0.337 e. The van der Waals surface area contributed by atoms with E-state index in [1.54, 1.807) is 5.30 Å². The zero-order valence-corrected chi connectivity index (χ0v) is 24.6. The molecule has 0 saturated carbocycles. The zero-order chi connectivity index (χ0) is 27.9. The van der Waals surface area contributed by atoms with Crippen molar-refractivity contribution in [3.05, 3.63) is 59.7 Å². The molecule has 0 aromatic heterocycles. The van der Waals surface area contributed by atoms with Crippen LogP contribution in [0.2, 0.25) is 0 Å². The van der Waals surface area contributed by atoms with Crippen LogP contribution in [0.1, 0.15) is 80.0 Å². The SMILES string of the molecule is CCCC[PH](CCCC)(CCCC)c1ccccc1.COC(=O)c1cc(C(=O)OC)cc(S(=O)(=O)O)c1. The Morgan fingerprint density at radius 2 is 1.16 bits per heavy atom. The summed E-state index contributed by atoms with van der Waals surface area (Å²) >= 11 is 0. The van der Waals surface area contributed by atoms with E-state index in [-0.39, 0.29) is 11.1 Å². The fraction of sp³-hybridized carbons (Fsp3) is 0.500. The molecule has 0 spiro atoms. The number of rotatable bonds is 13. The Morgan fingerprint density at radius 3 is 1.49 bits per heavy atom. The van der Waals surface area contributed by atoms with E-state index in [2.05, 4.69) is 60.6 Å². The van der Waals surface area contributed by atoms with Gasteiger partial charge >= 0.3 is 133 Å². The van der Waals surface area contributed by atoms with Gasteiger partial charge in [0.15, 0.2) is 0 Å². The predicted molar refractivity (Wildman–Crippen MR) is 153 cm³/mol. The first-order chi connectivity index (χ1) is 17.6. The third kappa shape index (κ3) is 10.5. The Balaban J connectivity index is 0.000000371.